The van der Waals surface area contributed by atoms with E-state index in [2.05, 4.69) is 10.2 Å². The van der Waals surface area contributed by atoms with Crippen LogP contribution in [0.15, 0.2) is 27.4 Å². The second kappa shape index (κ2) is 7.12. The Bertz CT molecular complexity index is 810. The van der Waals surface area contributed by atoms with Crippen molar-refractivity contribution in [2.24, 2.45) is 11.7 Å². The molecule has 1 fully saturated rings. The van der Waals surface area contributed by atoms with Crippen LogP contribution in [0, 0.1) is 5.92 Å². The summed E-state index contributed by atoms with van der Waals surface area (Å²) in [5.41, 5.74) is 4.97. The summed E-state index contributed by atoms with van der Waals surface area (Å²) in [6.45, 7) is 0.851. The number of aromatic amines is 1. The minimum atomic E-state index is -4.52. The quantitative estimate of drug-likeness (QED) is 0.752. The van der Waals surface area contributed by atoms with E-state index >= 15 is 0 Å². The van der Waals surface area contributed by atoms with E-state index in [1.165, 1.54) is 12.1 Å². The molecule has 0 radical (unpaired) electrons. The highest BCUT2D eigenvalue weighted by Crippen LogP contribution is 2.40. The molecule has 0 spiro atoms. The van der Waals surface area contributed by atoms with Crippen LogP contribution < -0.4 is 16.4 Å². The molecule has 4 N–H and O–H groups in total. The Labute approximate surface area is 146 Å². The summed E-state index contributed by atoms with van der Waals surface area (Å²) >= 11 is 0. The highest BCUT2D eigenvalue weighted by atomic mass is 19.4. The van der Waals surface area contributed by atoms with Gasteiger partial charge in [-0.3, -0.25) is 0 Å². The smallest absolute Gasteiger partial charge is 0.392 e. The molecular weight excluding hydrogens is 353 g/mol. The molecule has 2 heterocycles. The van der Waals surface area contributed by atoms with Crippen LogP contribution in [0.3, 0.4) is 0 Å². The molecule has 142 valence electrons. The first-order valence-corrected chi connectivity index (χ1v) is 8.20. The summed E-state index contributed by atoms with van der Waals surface area (Å²) in [4.78, 5) is 12.7. The van der Waals surface area contributed by atoms with Crippen molar-refractivity contribution < 1.29 is 22.7 Å². The normalized spacial score (nSPS) is 17.5. The second-order valence-electron chi connectivity index (χ2n) is 6.28. The fraction of sp³-hybridized carbons (Fsp3) is 0.500. The number of aliphatic hydroxyl groups excluding tert-OH is 1. The minimum Gasteiger partial charge on any atom is -0.392 e. The zero-order valence-electron chi connectivity index (χ0n) is 13.8. The number of aliphatic hydroxyl groups is 1. The predicted molar refractivity (Wildman–Crippen MR) is 87.6 cm³/mol. The van der Waals surface area contributed by atoms with Crippen molar-refractivity contribution in [2.45, 2.75) is 25.1 Å². The van der Waals surface area contributed by atoms with E-state index in [-0.39, 0.29) is 29.6 Å². The topological polar surface area (TPSA) is 108 Å². The molecule has 26 heavy (non-hydrogen) atoms. The lowest BCUT2D eigenvalue weighted by Gasteiger charge is -2.36. The first-order valence-electron chi connectivity index (χ1n) is 8.20. The van der Waals surface area contributed by atoms with E-state index in [4.69, 9.17) is 10.2 Å². The molecule has 1 aliphatic rings. The van der Waals surface area contributed by atoms with Crippen LogP contribution in [-0.2, 0) is 6.18 Å². The van der Waals surface area contributed by atoms with Crippen LogP contribution in [0.4, 0.5) is 18.9 Å². The van der Waals surface area contributed by atoms with E-state index in [0.29, 0.717) is 25.9 Å². The zero-order chi connectivity index (χ0) is 18.9. The molecular formula is C16H19F3N4O3. The summed E-state index contributed by atoms with van der Waals surface area (Å²) in [6, 6.07) is 3.50. The lowest BCUT2D eigenvalue weighted by atomic mass is 9.90. The van der Waals surface area contributed by atoms with Gasteiger partial charge in [0.15, 0.2) is 0 Å². The Kier molecular flexibility index (Phi) is 5.05. The number of alkyl halides is 3. The number of rotatable bonds is 4. The maximum absolute atomic E-state index is 13.4. The van der Waals surface area contributed by atoms with Crippen molar-refractivity contribution in [3.63, 3.8) is 0 Å². The number of piperidine rings is 1. The van der Waals surface area contributed by atoms with Crippen LogP contribution >= 0.6 is 0 Å². The van der Waals surface area contributed by atoms with Crippen molar-refractivity contribution in [1.82, 2.24) is 10.2 Å². The third kappa shape index (κ3) is 3.75. The number of nitrogens with zero attached hydrogens (tertiary/aromatic N) is 2. The van der Waals surface area contributed by atoms with Gasteiger partial charge in [0.1, 0.15) is 0 Å². The lowest BCUT2D eigenvalue weighted by molar-refractivity contribution is -0.137. The number of hydrogen-bond donors (Lipinski definition) is 3. The Balaban J connectivity index is 1.92. The van der Waals surface area contributed by atoms with Gasteiger partial charge in [-0.25, -0.2) is 9.89 Å². The van der Waals surface area contributed by atoms with Crippen molar-refractivity contribution in [3.8, 4) is 11.5 Å². The molecule has 3 rings (SSSR count). The van der Waals surface area contributed by atoms with E-state index < -0.39 is 23.6 Å². The number of benzene rings is 1. The number of anilines is 1. The van der Waals surface area contributed by atoms with E-state index in [0.717, 1.165) is 6.07 Å². The number of nitrogens with one attached hydrogen (secondary N) is 1. The van der Waals surface area contributed by atoms with Gasteiger partial charge in [0.2, 0.25) is 5.89 Å². The Morgan fingerprint density at radius 2 is 2.08 bits per heavy atom. The minimum absolute atomic E-state index is 0.00124. The van der Waals surface area contributed by atoms with Gasteiger partial charge >= 0.3 is 11.9 Å². The first-order chi connectivity index (χ1) is 12.3. The second-order valence-corrected chi connectivity index (χ2v) is 6.28. The maximum Gasteiger partial charge on any atom is 0.434 e. The standard InChI is InChI=1S/C16H19F3N4O3/c17-16(18,19)11-2-1-10(14-21-22-15(25)26-14)7-12(11)23-5-3-9(4-6-23)13(24)8-20/h1-2,7,9,13,24H,3-6,8,20H2,(H,22,25). The molecule has 1 aromatic carbocycles. The summed E-state index contributed by atoms with van der Waals surface area (Å²) in [5, 5.41) is 15.6. The molecule has 0 saturated carbocycles. The first kappa shape index (κ1) is 18.5. The SMILES string of the molecule is NCC(O)C1CCN(c2cc(-c3n[nH]c(=O)o3)ccc2C(F)(F)F)CC1. The van der Waals surface area contributed by atoms with Crippen LogP contribution in [0.2, 0.25) is 0 Å². The molecule has 1 atom stereocenters. The van der Waals surface area contributed by atoms with E-state index in [1.54, 1.807) is 4.90 Å². The molecule has 1 saturated heterocycles. The molecule has 1 unspecified atom stereocenters. The van der Waals surface area contributed by atoms with Crippen LogP contribution in [0.25, 0.3) is 11.5 Å². The van der Waals surface area contributed by atoms with Crippen LogP contribution in [-0.4, -0.2) is 41.0 Å². The zero-order valence-corrected chi connectivity index (χ0v) is 13.8. The molecule has 1 aliphatic heterocycles. The molecule has 0 amide bonds. The fourth-order valence-electron chi connectivity index (χ4n) is 3.24. The Morgan fingerprint density at radius 1 is 1.38 bits per heavy atom. The number of H-pyrrole nitrogens is 1. The molecule has 10 heteroatoms. The molecule has 1 aromatic heterocycles. The number of nitrogens with two attached hydrogens (primary N) is 1. The van der Waals surface area contributed by atoms with Gasteiger partial charge in [-0.15, -0.1) is 5.10 Å². The summed E-state index contributed by atoms with van der Waals surface area (Å²) in [7, 11) is 0. The maximum atomic E-state index is 13.4. The van der Waals surface area contributed by atoms with Gasteiger partial charge in [0.25, 0.3) is 0 Å². The van der Waals surface area contributed by atoms with Crippen LogP contribution in [0.1, 0.15) is 18.4 Å². The van der Waals surface area contributed by atoms with Gasteiger partial charge in [-0.1, -0.05) is 0 Å². The number of hydrogen-bond acceptors (Lipinski definition) is 6. The predicted octanol–water partition coefficient (Wildman–Crippen LogP) is 1.58. The average molecular weight is 372 g/mol. The molecule has 2 aromatic rings. The van der Waals surface area contributed by atoms with Gasteiger partial charge in [-0.05, 0) is 37.0 Å². The number of aromatic nitrogens is 2. The van der Waals surface area contributed by atoms with Crippen LogP contribution in [0.5, 0.6) is 0 Å². The van der Waals surface area contributed by atoms with E-state index in [9.17, 15) is 23.1 Å². The summed E-state index contributed by atoms with van der Waals surface area (Å²) in [6.07, 6.45) is -4.09. The fourth-order valence-corrected chi connectivity index (χ4v) is 3.24. The van der Waals surface area contributed by atoms with Crippen molar-refractivity contribution >= 4 is 5.69 Å². The third-order valence-corrected chi connectivity index (χ3v) is 4.65. The van der Waals surface area contributed by atoms with Gasteiger partial charge in [-0.2, -0.15) is 13.2 Å². The summed E-state index contributed by atoms with van der Waals surface area (Å²) < 4.78 is 45.1. The molecule has 7 nitrogen and oxygen atoms in total. The average Bonchev–Trinajstić information content (AvgIpc) is 3.06. The van der Waals surface area contributed by atoms with E-state index in [1.807, 2.05) is 0 Å². The number of halogens is 3. The van der Waals surface area contributed by atoms with Crippen molar-refractivity contribution in [2.75, 3.05) is 24.5 Å². The highest BCUT2D eigenvalue weighted by Gasteiger charge is 2.36. The molecule has 0 bridgehead atoms. The highest BCUT2D eigenvalue weighted by molar-refractivity contribution is 5.66. The Morgan fingerprint density at radius 3 is 2.62 bits per heavy atom. The summed E-state index contributed by atoms with van der Waals surface area (Å²) in [5.74, 6) is -0.880. The van der Waals surface area contributed by atoms with Crippen molar-refractivity contribution in [1.29, 1.82) is 0 Å². The Hall–Kier alpha value is -2.33. The third-order valence-electron chi connectivity index (χ3n) is 4.65. The monoisotopic (exact) mass is 372 g/mol. The largest absolute Gasteiger partial charge is 0.434 e. The lowest BCUT2D eigenvalue weighted by Crippen LogP contribution is -2.40. The van der Waals surface area contributed by atoms with Gasteiger partial charge in [0, 0.05) is 30.9 Å². The van der Waals surface area contributed by atoms with Crippen molar-refractivity contribution in [3.05, 3.63) is 34.3 Å². The molecule has 0 aliphatic carbocycles. The van der Waals surface area contributed by atoms with Gasteiger partial charge < -0.3 is 20.2 Å². The van der Waals surface area contributed by atoms with Gasteiger partial charge in [0.05, 0.1) is 11.7 Å².